The quantitative estimate of drug-likeness (QED) is 0.588. The molecule has 0 atom stereocenters. The molecule has 0 saturated heterocycles. The zero-order chi connectivity index (χ0) is 11.5. The summed E-state index contributed by atoms with van der Waals surface area (Å²) in [5.74, 6) is -1.83. The Morgan fingerprint density at radius 1 is 1.35 bits per heavy atom. The second-order valence-electron chi connectivity index (χ2n) is 3.06. The second kappa shape index (κ2) is 6.63. The summed E-state index contributed by atoms with van der Waals surface area (Å²) < 4.78 is 4.86. The largest absolute Gasteiger partial charge is 1.00 e. The third-order valence-corrected chi connectivity index (χ3v) is 2.31. The number of halogens is 1. The van der Waals surface area contributed by atoms with Gasteiger partial charge in [0.15, 0.2) is 0 Å². The molecule has 2 aromatic rings. The van der Waals surface area contributed by atoms with Crippen LogP contribution in [0, 0.1) is 0 Å². The Kier molecular flexibility index (Phi) is 5.77. The summed E-state index contributed by atoms with van der Waals surface area (Å²) in [7, 11) is 0. The fraction of sp³-hybridized carbons (Fsp3) is 0.100. The molecular weight excluding hydrogens is 271 g/mol. The van der Waals surface area contributed by atoms with Crippen LogP contribution in [0.25, 0.3) is 0 Å². The van der Waals surface area contributed by atoms with E-state index in [0.717, 1.165) is 5.56 Å². The van der Waals surface area contributed by atoms with Gasteiger partial charge in [-0.15, -0.1) is 10.2 Å². The van der Waals surface area contributed by atoms with Gasteiger partial charge in [-0.25, -0.2) is 0 Å². The van der Waals surface area contributed by atoms with Crippen LogP contribution >= 0.6 is 11.6 Å². The van der Waals surface area contributed by atoms with Crippen molar-refractivity contribution >= 4 is 17.6 Å². The van der Waals surface area contributed by atoms with Crippen LogP contribution in [0.2, 0.25) is 5.02 Å². The molecule has 5 nitrogen and oxygen atoms in total. The van der Waals surface area contributed by atoms with Crippen molar-refractivity contribution in [1.82, 2.24) is 10.2 Å². The molecule has 0 radical (unpaired) electrons. The van der Waals surface area contributed by atoms with Gasteiger partial charge in [-0.05, 0) is 11.6 Å². The summed E-state index contributed by atoms with van der Waals surface area (Å²) in [6.45, 7) is 0. The van der Waals surface area contributed by atoms with Crippen LogP contribution < -0.4 is 56.5 Å². The molecule has 0 aliphatic carbocycles. The number of rotatable bonds is 3. The smallest absolute Gasteiger partial charge is 0.540 e. The van der Waals surface area contributed by atoms with Crippen LogP contribution in [0.3, 0.4) is 0 Å². The summed E-state index contributed by atoms with van der Waals surface area (Å²) in [5.41, 5.74) is 0.790. The maximum absolute atomic E-state index is 10.4. The second-order valence-corrected chi connectivity index (χ2v) is 3.46. The van der Waals surface area contributed by atoms with Crippen LogP contribution in [-0.4, -0.2) is 16.2 Å². The molecule has 1 aromatic carbocycles. The van der Waals surface area contributed by atoms with Gasteiger partial charge in [0.2, 0.25) is 5.89 Å². The van der Waals surface area contributed by atoms with Crippen molar-refractivity contribution in [2.24, 2.45) is 0 Å². The van der Waals surface area contributed by atoms with Crippen molar-refractivity contribution in [2.75, 3.05) is 0 Å². The molecule has 0 unspecified atom stereocenters. The monoisotopic (exact) mass is 276 g/mol. The third-order valence-electron chi connectivity index (χ3n) is 1.94. The number of hydrogen-bond donors (Lipinski definition) is 0. The van der Waals surface area contributed by atoms with E-state index in [1.165, 1.54) is 0 Å². The zero-order valence-corrected chi connectivity index (χ0v) is 12.9. The normalized spacial score (nSPS) is 9.71. The Bertz CT molecular complexity index is 530. The Morgan fingerprint density at radius 3 is 2.65 bits per heavy atom. The van der Waals surface area contributed by atoms with E-state index < -0.39 is 11.9 Å². The Morgan fingerprint density at radius 2 is 2.06 bits per heavy atom. The summed E-state index contributed by atoms with van der Waals surface area (Å²) in [6.07, 6.45) is 0.292. The number of aromatic nitrogens is 2. The molecular formula is C10H6ClKN2O3. The molecule has 0 spiro atoms. The van der Waals surface area contributed by atoms with E-state index >= 15 is 0 Å². The molecule has 0 aliphatic rings. The summed E-state index contributed by atoms with van der Waals surface area (Å²) in [6, 6.07) is 7.14. The number of carbonyl (C=O) groups excluding carboxylic acids is 1. The fourth-order valence-electron chi connectivity index (χ4n) is 1.21. The minimum atomic E-state index is -1.49. The predicted molar refractivity (Wildman–Crippen MR) is 52.9 cm³/mol. The molecule has 0 amide bonds. The van der Waals surface area contributed by atoms with Crippen molar-refractivity contribution in [3.05, 3.63) is 46.6 Å². The van der Waals surface area contributed by atoms with E-state index in [9.17, 15) is 9.90 Å². The Balaban J connectivity index is 0.00000144. The summed E-state index contributed by atoms with van der Waals surface area (Å²) in [4.78, 5) is 10.4. The van der Waals surface area contributed by atoms with Crippen LogP contribution in [0.5, 0.6) is 0 Å². The fourth-order valence-corrected chi connectivity index (χ4v) is 1.41. The minimum absolute atomic E-state index is 0. The van der Waals surface area contributed by atoms with E-state index in [-0.39, 0.29) is 57.3 Å². The Hall–Kier alpha value is -0.244. The molecule has 82 valence electrons. The summed E-state index contributed by atoms with van der Waals surface area (Å²) >= 11 is 5.92. The molecule has 0 fully saturated rings. The van der Waals surface area contributed by atoms with Gasteiger partial charge < -0.3 is 14.3 Å². The maximum atomic E-state index is 10.4. The van der Waals surface area contributed by atoms with E-state index in [1.807, 2.05) is 6.07 Å². The van der Waals surface area contributed by atoms with E-state index in [4.69, 9.17) is 16.0 Å². The molecule has 1 heterocycles. The van der Waals surface area contributed by atoms with Crippen LogP contribution in [0.15, 0.2) is 28.7 Å². The van der Waals surface area contributed by atoms with Gasteiger partial charge >= 0.3 is 51.4 Å². The molecule has 7 heteroatoms. The number of nitrogens with zero attached hydrogens (tertiary/aromatic N) is 2. The predicted octanol–water partition coefficient (Wildman–Crippen LogP) is -2.32. The molecule has 0 aliphatic heterocycles. The van der Waals surface area contributed by atoms with Gasteiger partial charge in [0, 0.05) is 5.02 Å². The summed E-state index contributed by atoms with van der Waals surface area (Å²) in [5, 5.41) is 17.9. The number of hydrogen-bond acceptors (Lipinski definition) is 5. The average Bonchev–Trinajstić information content (AvgIpc) is 2.70. The molecule has 0 saturated carbocycles. The van der Waals surface area contributed by atoms with Crippen LogP contribution in [0.1, 0.15) is 22.1 Å². The van der Waals surface area contributed by atoms with Crippen molar-refractivity contribution in [1.29, 1.82) is 0 Å². The van der Waals surface area contributed by atoms with Crippen molar-refractivity contribution in [3.63, 3.8) is 0 Å². The molecule has 1 aromatic heterocycles. The van der Waals surface area contributed by atoms with Gasteiger partial charge in [-0.1, -0.05) is 29.8 Å². The number of carboxylic acids is 1. The maximum Gasteiger partial charge on any atom is 1.00 e. The van der Waals surface area contributed by atoms with E-state index in [2.05, 4.69) is 10.2 Å². The van der Waals surface area contributed by atoms with Gasteiger partial charge in [-0.2, -0.15) is 0 Å². The average molecular weight is 277 g/mol. The van der Waals surface area contributed by atoms with Gasteiger partial charge in [-0.3, -0.25) is 0 Å². The first-order chi connectivity index (χ1) is 7.66. The molecule has 17 heavy (non-hydrogen) atoms. The first kappa shape index (κ1) is 14.8. The number of benzene rings is 1. The molecule has 0 N–H and O–H groups in total. The van der Waals surface area contributed by atoms with Gasteiger partial charge in [0.05, 0.1) is 6.42 Å². The van der Waals surface area contributed by atoms with Crippen molar-refractivity contribution in [3.8, 4) is 0 Å². The first-order valence-electron chi connectivity index (χ1n) is 4.44. The number of aromatic carboxylic acids is 1. The van der Waals surface area contributed by atoms with Crippen LogP contribution in [0.4, 0.5) is 0 Å². The van der Waals surface area contributed by atoms with E-state index in [1.54, 1.807) is 18.2 Å². The minimum Gasteiger partial charge on any atom is -0.540 e. The SMILES string of the molecule is O=C([O-])c1nnc(Cc2ccccc2Cl)o1.[K+]. The van der Waals surface area contributed by atoms with Crippen LogP contribution in [-0.2, 0) is 6.42 Å². The first-order valence-corrected chi connectivity index (χ1v) is 4.82. The van der Waals surface area contributed by atoms with Gasteiger partial charge in [0.1, 0.15) is 5.97 Å². The molecule has 0 bridgehead atoms. The topological polar surface area (TPSA) is 79.0 Å². The number of carbonyl (C=O) groups is 1. The van der Waals surface area contributed by atoms with Crippen molar-refractivity contribution in [2.45, 2.75) is 6.42 Å². The molecule has 2 rings (SSSR count). The van der Waals surface area contributed by atoms with Crippen molar-refractivity contribution < 1.29 is 65.7 Å². The Labute approximate surface area is 145 Å². The zero-order valence-electron chi connectivity index (χ0n) is 9.01. The number of carboxylic acid groups (broad SMARTS) is 1. The standard InChI is InChI=1S/C10H7ClN2O3.K/c11-7-4-2-1-3-6(7)5-8-12-13-9(16-8)10(14)15;/h1-4H,5H2,(H,14,15);/q;+1/p-1. The van der Waals surface area contributed by atoms with E-state index in [0.29, 0.717) is 11.4 Å². The third kappa shape index (κ3) is 3.87. The van der Waals surface area contributed by atoms with Gasteiger partial charge in [0.25, 0.3) is 5.89 Å².